The van der Waals surface area contributed by atoms with Gasteiger partial charge in [0.2, 0.25) is 0 Å². The summed E-state index contributed by atoms with van der Waals surface area (Å²) in [5.74, 6) is -3.17. The first kappa shape index (κ1) is 49.1. The van der Waals surface area contributed by atoms with Gasteiger partial charge in [0, 0.05) is 17.4 Å². The Morgan fingerprint density at radius 3 is 2.17 bits per heavy atom. The molecule has 0 unspecified atom stereocenters. The average molecular weight is 955 g/mol. The van der Waals surface area contributed by atoms with E-state index in [0.717, 1.165) is 60.8 Å². The number of carboxylic acid groups (broad SMARTS) is 1. The number of carboxylic acids is 1. The van der Waals surface area contributed by atoms with Gasteiger partial charge in [0.1, 0.15) is 17.6 Å². The molecule has 9 rings (SSSR count). The molecule has 374 valence electrons. The first-order valence-electron chi connectivity index (χ1n) is 25.3. The fourth-order valence-corrected chi connectivity index (χ4v) is 15.7. The van der Waals surface area contributed by atoms with Crippen LogP contribution in [-0.2, 0) is 33.4 Å². The van der Waals surface area contributed by atoms with Gasteiger partial charge in [-0.3, -0.25) is 24.0 Å². The minimum atomic E-state index is -1.51. The molecule has 0 bridgehead atoms. The molecule has 0 radical (unpaired) electrons. The Bertz CT molecular complexity index is 2520. The summed E-state index contributed by atoms with van der Waals surface area (Å²) in [4.78, 5) is 82.3. The van der Waals surface area contributed by atoms with Gasteiger partial charge in [-0.1, -0.05) is 62.3 Å². The number of benzene rings is 1. The normalized spacial score (nSPS) is 35.8. The van der Waals surface area contributed by atoms with Crippen LogP contribution in [0.5, 0.6) is 0 Å². The van der Waals surface area contributed by atoms with Crippen molar-refractivity contribution in [2.24, 2.45) is 62.6 Å². The van der Waals surface area contributed by atoms with Crippen molar-refractivity contribution in [1.29, 1.82) is 0 Å². The SMILES string of the molecule is CCOC(=O)n1nc(-c2ccc(F)cc2)cc1C(=O)NC1(C(=O)N[C@@]23CC[C@]4(C)[C@H](CC[C@@H]5[C@@]6(C)CC[C@H](OC(=O)[C@H]7C[C@@H](C(=O)O)C7(C)C)C(C)(C)[C@@H]6CC[C@]54C)C2=C(C(C)C)C(=O)C3)COC1. The minimum Gasteiger partial charge on any atom is -0.481 e. The van der Waals surface area contributed by atoms with E-state index in [2.05, 4.69) is 64.2 Å². The van der Waals surface area contributed by atoms with Crippen LogP contribution in [0.3, 0.4) is 0 Å². The number of aliphatic carboxylic acids is 1. The second kappa shape index (κ2) is 16.6. The lowest BCUT2D eigenvalue weighted by Gasteiger charge is -2.72. The largest absolute Gasteiger partial charge is 0.481 e. The summed E-state index contributed by atoms with van der Waals surface area (Å²) in [6, 6.07) is 6.88. The molecule has 3 N–H and O–H groups in total. The number of hydrogen-bond donors (Lipinski definition) is 3. The van der Waals surface area contributed by atoms with Crippen molar-refractivity contribution in [2.45, 2.75) is 151 Å². The number of amides is 2. The molecule has 2 aromatic rings. The van der Waals surface area contributed by atoms with Crippen LogP contribution < -0.4 is 10.6 Å². The smallest absolute Gasteiger partial charge is 0.435 e. The minimum absolute atomic E-state index is 0.0227. The van der Waals surface area contributed by atoms with Gasteiger partial charge in [0.25, 0.3) is 11.8 Å². The fraction of sp³-hybridized carbons (Fsp3) is 0.685. The third-order valence-corrected chi connectivity index (χ3v) is 19.8. The van der Waals surface area contributed by atoms with Crippen LogP contribution in [0.1, 0.15) is 144 Å². The van der Waals surface area contributed by atoms with E-state index in [1.807, 2.05) is 13.8 Å². The molecule has 1 saturated heterocycles. The summed E-state index contributed by atoms with van der Waals surface area (Å²) in [5, 5.41) is 20.4. The number of nitrogens with one attached hydrogen (secondary N) is 2. The Balaban J connectivity index is 0.966. The van der Waals surface area contributed by atoms with Crippen LogP contribution in [0.4, 0.5) is 9.18 Å². The maximum absolute atomic E-state index is 15.0. The molecule has 6 fully saturated rings. The second-order valence-electron chi connectivity index (χ2n) is 24.1. The molecular weight excluding hydrogens is 884 g/mol. The summed E-state index contributed by atoms with van der Waals surface area (Å²) in [6.07, 6.45) is 6.01. The maximum atomic E-state index is 15.0. The lowest BCUT2D eigenvalue weighted by molar-refractivity contribution is -0.235. The number of ether oxygens (including phenoxy) is 3. The zero-order chi connectivity index (χ0) is 50.0. The van der Waals surface area contributed by atoms with Crippen molar-refractivity contribution in [2.75, 3.05) is 19.8 Å². The molecule has 2 amide bonds. The van der Waals surface area contributed by atoms with Crippen molar-refractivity contribution in [1.82, 2.24) is 20.4 Å². The fourth-order valence-electron chi connectivity index (χ4n) is 15.7. The first-order valence-corrected chi connectivity index (χ1v) is 25.3. The number of esters is 1. The molecule has 1 aromatic heterocycles. The number of carbonyl (C=O) groups excluding carboxylic acids is 5. The number of ketones is 1. The zero-order valence-electron chi connectivity index (χ0n) is 42.0. The number of hydrogen-bond acceptors (Lipinski definition) is 10. The molecule has 2 heterocycles. The molecular formula is C54H71FN4O10. The van der Waals surface area contributed by atoms with Gasteiger partial charge >= 0.3 is 18.0 Å². The number of aromatic nitrogens is 2. The van der Waals surface area contributed by atoms with Crippen LogP contribution in [0.15, 0.2) is 41.5 Å². The van der Waals surface area contributed by atoms with E-state index >= 15 is 0 Å². The van der Waals surface area contributed by atoms with Crippen molar-refractivity contribution in [3.05, 3.63) is 53.0 Å². The van der Waals surface area contributed by atoms with E-state index in [4.69, 9.17) is 14.2 Å². The summed E-state index contributed by atoms with van der Waals surface area (Å²) in [6.45, 7) is 21.2. The van der Waals surface area contributed by atoms with Gasteiger partial charge in [0.05, 0.1) is 42.9 Å². The predicted molar refractivity (Wildman–Crippen MR) is 252 cm³/mol. The Morgan fingerprint density at radius 1 is 0.870 bits per heavy atom. The molecule has 1 aliphatic heterocycles. The highest BCUT2D eigenvalue weighted by molar-refractivity contribution is 6.04. The number of nitrogens with zero attached hydrogens (tertiary/aromatic N) is 2. The molecule has 5 saturated carbocycles. The third-order valence-electron chi connectivity index (χ3n) is 19.8. The highest BCUT2D eigenvalue weighted by atomic mass is 19.1. The zero-order valence-corrected chi connectivity index (χ0v) is 42.0. The second-order valence-corrected chi connectivity index (χ2v) is 24.1. The monoisotopic (exact) mass is 955 g/mol. The highest BCUT2D eigenvalue weighted by Crippen LogP contribution is 2.76. The van der Waals surface area contributed by atoms with Crippen molar-refractivity contribution < 1.29 is 52.5 Å². The Labute approximate surface area is 404 Å². The number of halogens is 1. The van der Waals surface area contributed by atoms with Gasteiger partial charge in [-0.2, -0.15) is 9.78 Å². The molecule has 15 heteroatoms. The van der Waals surface area contributed by atoms with E-state index in [-0.39, 0.29) is 94.9 Å². The number of fused-ring (bicyclic) bond motifs is 7. The molecule has 6 aliphatic carbocycles. The van der Waals surface area contributed by atoms with Crippen LogP contribution >= 0.6 is 0 Å². The highest BCUT2D eigenvalue weighted by Gasteiger charge is 2.71. The number of Topliss-reactive ketones (excluding diaryl/α,β-unsaturated/α-hetero) is 1. The summed E-state index contributed by atoms with van der Waals surface area (Å²) in [5.41, 5.74) is -1.41. The van der Waals surface area contributed by atoms with Gasteiger partial charge in [-0.25, -0.2) is 9.18 Å². The molecule has 10 atom stereocenters. The Kier molecular flexibility index (Phi) is 11.8. The van der Waals surface area contributed by atoms with Crippen LogP contribution in [0.25, 0.3) is 11.3 Å². The molecule has 14 nitrogen and oxygen atoms in total. The van der Waals surface area contributed by atoms with E-state index < -0.39 is 58.0 Å². The summed E-state index contributed by atoms with van der Waals surface area (Å²) in [7, 11) is 0. The first-order chi connectivity index (χ1) is 32.3. The Hall–Kier alpha value is -4.92. The van der Waals surface area contributed by atoms with Crippen LogP contribution in [0.2, 0.25) is 0 Å². The van der Waals surface area contributed by atoms with E-state index in [0.29, 0.717) is 24.3 Å². The maximum Gasteiger partial charge on any atom is 0.435 e. The van der Waals surface area contributed by atoms with Crippen molar-refractivity contribution in [3.63, 3.8) is 0 Å². The van der Waals surface area contributed by atoms with Gasteiger partial charge in [0.15, 0.2) is 11.3 Å². The van der Waals surface area contributed by atoms with E-state index in [9.17, 15) is 38.3 Å². The van der Waals surface area contributed by atoms with E-state index in [1.54, 1.807) is 6.92 Å². The summed E-state index contributed by atoms with van der Waals surface area (Å²) < 4.78 is 31.9. The quantitative estimate of drug-likeness (QED) is 0.193. The lowest BCUT2D eigenvalue weighted by atomic mass is 9.33. The predicted octanol–water partition coefficient (Wildman–Crippen LogP) is 8.70. The number of allylic oxidation sites excluding steroid dienone is 1. The lowest BCUT2D eigenvalue weighted by Crippen LogP contribution is -2.73. The summed E-state index contributed by atoms with van der Waals surface area (Å²) >= 11 is 0. The Morgan fingerprint density at radius 2 is 1.57 bits per heavy atom. The topological polar surface area (TPSA) is 192 Å². The molecule has 0 spiro atoms. The number of rotatable bonds is 10. The molecule has 69 heavy (non-hydrogen) atoms. The van der Waals surface area contributed by atoms with Crippen LogP contribution in [0, 0.1) is 68.4 Å². The van der Waals surface area contributed by atoms with Gasteiger partial charge in [-0.15, -0.1) is 0 Å². The van der Waals surface area contributed by atoms with Crippen molar-refractivity contribution >= 4 is 35.6 Å². The molecule has 1 aromatic carbocycles. The molecule has 7 aliphatic rings. The van der Waals surface area contributed by atoms with E-state index in [1.165, 1.54) is 30.3 Å². The average Bonchev–Trinajstić information content (AvgIpc) is 3.83. The third kappa shape index (κ3) is 7.26. The van der Waals surface area contributed by atoms with Crippen molar-refractivity contribution in [3.8, 4) is 11.3 Å². The van der Waals surface area contributed by atoms with Crippen LogP contribution in [-0.4, -0.2) is 87.5 Å². The van der Waals surface area contributed by atoms with Gasteiger partial charge < -0.3 is 30.0 Å². The van der Waals surface area contributed by atoms with Gasteiger partial charge in [-0.05, 0) is 152 Å². The standard InChI is InChI=1S/C54H71FN4O10/c1-11-68-47(66)59-36(25-35(58-59)30-12-14-31(55)15-13-30)43(61)56-54(27-67-28-54)46(65)57-53-23-22-51(9)32(42(53)41(29(2)3)37(60)26-53)16-17-39-50(8)20-19-40(49(6,7)38(50)18-21-52(39,51)10)69-45(64)34-24-33(44(62)63)48(34,4)5/h12-15,25,29,32-34,38-40H,11,16-24,26-28H2,1-10H3,(H,56,61)(H,57,65)(H,62,63)/t32-,33+,34-,38+,39-,40+,50+,51-,52-,53-/m1/s1. The number of carbonyl (C=O) groups is 6.